The van der Waals surface area contributed by atoms with Crippen LogP contribution in [-0.2, 0) is 9.59 Å². The molecule has 1 unspecified atom stereocenters. The number of aromatic nitrogens is 1. The molecule has 1 atom stereocenters. The third kappa shape index (κ3) is 7.78. The molecule has 1 aromatic heterocycles. The average molecular weight is 595 g/mol. The molecular formula is C29H24ClFN4O3S2. The summed E-state index contributed by atoms with van der Waals surface area (Å²) in [6.07, 6.45) is 1.19. The summed E-state index contributed by atoms with van der Waals surface area (Å²) in [6.45, 7) is 3.62. The number of hydrogen-bond acceptors (Lipinski definition) is 6. The zero-order valence-corrected chi connectivity index (χ0v) is 23.8. The number of aryl methyl sites for hydroxylation is 1. The van der Waals surface area contributed by atoms with Crippen LogP contribution in [0.1, 0.15) is 28.5 Å². The lowest BCUT2D eigenvalue weighted by atomic mass is 10.1. The van der Waals surface area contributed by atoms with Crippen molar-refractivity contribution in [3.8, 4) is 0 Å². The van der Waals surface area contributed by atoms with Gasteiger partial charge in [-0.2, -0.15) is 0 Å². The van der Waals surface area contributed by atoms with Crippen LogP contribution in [0, 0.1) is 12.7 Å². The third-order valence-electron chi connectivity index (χ3n) is 5.44. The van der Waals surface area contributed by atoms with E-state index in [9.17, 15) is 18.8 Å². The molecule has 11 heteroatoms. The summed E-state index contributed by atoms with van der Waals surface area (Å²) in [6, 6.07) is 19.4. The maximum Gasteiger partial charge on any atom is 0.272 e. The van der Waals surface area contributed by atoms with Crippen molar-refractivity contribution < 1.29 is 18.8 Å². The van der Waals surface area contributed by atoms with Crippen molar-refractivity contribution in [2.75, 3.05) is 10.6 Å². The molecule has 204 valence electrons. The average Bonchev–Trinajstić information content (AvgIpc) is 3.34. The second-order valence-corrected chi connectivity index (χ2v) is 11.2. The van der Waals surface area contributed by atoms with E-state index in [1.807, 2.05) is 18.4 Å². The number of carbonyl (C=O) groups excluding carboxylic acids is 3. The van der Waals surface area contributed by atoms with Gasteiger partial charge >= 0.3 is 0 Å². The number of nitrogens with one attached hydrogen (secondary N) is 3. The first-order chi connectivity index (χ1) is 19.2. The Morgan fingerprint density at radius 3 is 2.48 bits per heavy atom. The largest absolute Gasteiger partial charge is 0.321 e. The highest BCUT2D eigenvalue weighted by Crippen LogP contribution is 2.28. The standard InChI is InChI=1S/C29H24ClFN4O3S2/c1-17-16-39-29(32-17)35-26(36)18(2)40-21-11-6-10-20(14-21)33-28(38)25(15-22-23(30)12-7-13-24(22)31)34-27(37)19-8-4-3-5-9-19/h3-16,18H,1-2H3,(H,33,38)(H,34,37)(H,32,35,36)/b25-15+. The Bertz CT molecular complexity index is 1560. The molecule has 1 heterocycles. The highest BCUT2D eigenvalue weighted by Gasteiger charge is 2.19. The van der Waals surface area contributed by atoms with Crippen molar-refractivity contribution >= 4 is 69.3 Å². The van der Waals surface area contributed by atoms with E-state index in [-0.39, 0.29) is 22.2 Å². The van der Waals surface area contributed by atoms with E-state index in [0.717, 1.165) is 10.6 Å². The van der Waals surface area contributed by atoms with Gasteiger partial charge in [0.05, 0.1) is 16.0 Å². The molecule has 0 aliphatic heterocycles. The lowest BCUT2D eigenvalue weighted by molar-refractivity contribution is -0.115. The van der Waals surface area contributed by atoms with E-state index in [4.69, 9.17) is 11.6 Å². The monoisotopic (exact) mass is 594 g/mol. The Kier molecular flexibility index (Phi) is 9.70. The van der Waals surface area contributed by atoms with Gasteiger partial charge in [0.1, 0.15) is 11.5 Å². The Hall–Kier alpha value is -3.99. The zero-order valence-electron chi connectivity index (χ0n) is 21.4. The smallest absolute Gasteiger partial charge is 0.272 e. The van der Waals surface area contributed by atoms with E-state index in [0.29, 0.717) is 16.4 Å². The molecule has 0 aliphatic carbocycles. The predicted molar refractivity (Wildman–Crippen MR) is 159 cm³/mol. The van der Waals surface area contributed by atoms with Crippen LogP contribution in [0.2, 0.25) is 5.02 Å². The van der Waals surface area contributed by atoms with E-state index in [1.165, 1.54) is 47.4 Å². The van der Waals surface area contributed by atoms with Gasteiger partial charge in [0.2, 0.25) is 5.91 Å². The van der Waals surface area contributed by atoms with Crippen LogP contribution in [0.3, 0.4) is 0 Å². The van der Waals surface area contributed by atoms with Crippen molar-refractivity contribution in [3.63, 3.8) is 0 Å². The second kappa shape index (κ2) is 13.4. The Labute approximate surface area is 243 Å². The third-order valence-corrected chi connectivity index (χ3v) is 7.74. The Morgan fingerprint density at radius 1 is 1.02 bits per heavy atom. The van der Waals surface area contributed by atoms with Gasteiger partial charge in [0.15, 0.2) is 5.13 Å². The number of thioether (sulfide) groups is 1. The van der Waals surface area contributed by atoms with Gasteiger partial charge in [-0.05, 0) is 62.4 Å². The number of rotatable bonds is 9. The van der Waals surface area contributed by atoms with Gasteiger partial charge in [0.25, 0.3) is 11.8 Å². The van der Waals surface area contributed by atoms with Gasteiger partial charge in [-0.15, -0.1) is 23.1 Å². The van der Waals surface area contributed by atoms with Crippen LogP contribution >= 0.6 is 34.7 Å². The molecule has 0 saturated carbocycles. The number of carbonyl (C=O) groups is 3. The fraction of sp³-hybridized carbons (Fsp3) is 0.103. The Balaban J connectivity index is 1.52. The molecule has 0 saturated heterocycles. The van der Waals surface area contributed by atoms with E-state index < -0.39 is 22.9 Å². The highest BCUT2D eigenvalue weighted by molar-refractivity contribution is 8.00. The summed E-state index contributed by atoms with van der Waals surface area (Å²) in [5.41, 5.74) is 1.32. The first-order valence-corrected chi connectivity index (χ1v) is 14.2. The molecule has 0 radical (unpaired) electrons. The minimum atomic E-state index is -0.685. The van der Waals surface area contributed by atoms with Crippen LogP contribution in [0.5, 0.6) is 0 Å². The van der Waals surface area contributed by atoms with Crippen LogP contribution in [0.4, 0.5) is 15.2 Å². The summed E-state index contributed by atoms with van der Waals surface area (Å²) >= 11 is 8.83. The minimum Gasteiger partial charge on any atom is -0.321 e. The number of nitrogens with zero attached hydrogens (tertiary/aromatic N) is 1. The molecule has 0 spiro atoms. The van der Waals surface area contributed by atoms with Crippen LogP contribution in [-0.4, -0.2) is 28.0 Å². The van der Waals surface area contributed by atoms with E-state index in [2.05, 4.69) is 20.9 Å². The molecule has 3 amide bonds. The molecule has 0 fully saturated rings. The van der Waals surface area contributed by atoms with Crippen molar-refractivity contribution in [3.05, 3.63) is 112 Å². The highest BCUT2D eigenvalue weighted by atomic mass is 35.5. The van der Waals surface area contributed by atoms with Crippen molar-refractivity contribution in [2.45, 2.75) is 24.0 Å². The summed E-state index contributed by atoms with van der Waals surface area (Å²) in [5, 5.41) is 10.1. The van der Waals surface area contributed by atoms with Crippen molar-refractivity contribution in [1.82, 2.24) is 10.3 Å². The van der Waals surface area contributed by atoms with Gasteiger partial charge in [-0.1, -0.05) is 41.9 Å². The molecule has 4 aromatic rings. The molecular weight excluding hydrogens is 571 g/mol. The summed E-state index contributed by atoms with van der Waals surface area (Å²) < 4.78 is 14.5. The van der Waals surface area contributed by atoms with E-state index in [1.54, 1.807) is 55.5 Å². The molecule has 0 aliphatic rings. The maximum absolute atomic E-state index is 14.5. The fourth-order valence-electron chi connectivity index (χ4n) is 3.46. The molecule has 3 aromatic carbocycles. The number of thiazole rings is 1. The number of hydrogen-bond donors (Lipinski definition) is 3. The molecule has 7 nitrogen and oxygen atoms in total. The molecule has 3 N–H and O–H groups in total. The molecule has 4 rings (SSSR count). The quantitative estimate of drug-likeness (QED) is 0.147. The zero-order chi connectivity index (χ0) is 28.6. The first-order valence-electron chi connectivity index (χ1n) is 12.0. The van der Waals surface area contributed by atoms with Crippen molar-refractivity contribution in [2.24, 2.45) is 0 Å². The second-order valence-electron chi connectivity index (χ2n) is 8.54. The van der Waals surface area contributed by atoms with Crippen LogP contribution < -0.4 is 16.0 Å². The summed E-state index contributed by atoms with van der Waals surface area (Å²) in [7, 11) is 0. The van der Waals surface area contributed by atoms with Crippen LogP contribution in [0.15, 0.2) is 88.8 Å². The number of halogens is 2. The van der Waals surface area contributed by atoms with Gasteiger partial charge in [0, 0.05) is 27.1 Å². The van der Waals surface area contributed by atoms with E-state index >= 15 is 0 Å². The SMILES string of the molecule is Cc1csc(NC(=O)C(C)Sc2cccc(NC(=O)/C(=C\c3c(F)cccc3Cl)NC(=O)c3ccccc3)c2)n1. The van der Waals surface area contributed by atoms with Gasteiger partial charge in [-0.3, -0.25) is 14.4 Å². The topological polar surface area (TPSA) is 100 Å². The number of anilines is 2. The maximum atomic E-state index is 14.5. The number of benzene rings is 3. The van der Waals surface area contributed by atoms with Crippen LogP contribution in [0.25, 0.3) is 6.08 Å². The predicted octanol–water partition coefficient (Wildman–Crippen LogP) is 6.77. The van der Waals surface area contributed by atoms with Gasteiger partial charge in [-0.25, -0.2) is 9.37 Å². The molecule has 40 heavy (non-hydrogen) atoms. The lowest BCUT2D eigenvalue weighted by Crippen LogP contribution is -2.30. The number of amides is 3. The normalized spacial score (nSPS) is 11.9. The van der Waals surface area contributed by atoms with Crippen molar-refractivity contribution in [1.29, 1.82) is 0 Å². The first kappa shape index (κ1) is 29.0. The Morgan fingerprint density at radius 2 is 1.77 bits per heavy atom. The fourth-order valence-corrected chi connectivity index (χ4v) is 5.29. The summed E-state index contributed by atoms with van der Waals surface area (Å²) in [5.74, 6) is -2.08. The molecule has 0 bridgehead atoms. The van der Waals surface area contributed by atoms with Gasteiger partial charge < -0.3 is 16.0 Å². The lowest BCUT2D eigenvalue weighted by Gasteiger charge is -2.14. The minimum absolute atomic E-state index is 0.0396. The summed E-state index contributed by atoms with van der Waals surface area (Å²) in [4.78, 5) is 43.7.